The van der Waals surface area contributed by atoms with Crippen molar-refractivity contribution in [1.29, 1.82) is 0 Å². The molecule has 0 aromatic heterocycles. The van der Waals surface area contributed by atoms with Gasteiger partial charge < -0.3 is 11.1 Å². The Morgan fingerprint density at radius 2 is 1.83 bits per heavy atom. The molecular weight excluding hydrogens is 220 g/mol. The zero-order chi connectivity index (χ0) is 13.0. The molecule has 3 N–H and O–H groups in total. The lowest BCUT2D eigenvalue weighted by molar-refractivity contribution is 0.805. The van der Waals surface area contributed by atoms with Crippen LogP contribution in [0.5, 0.6) is 0 Å². The molecule has 0 aliphatic heterocycles. The van der Waals surface area contributed by atoms with Crippen LogP contribution in [-0.4, -0.2) is 6.54 Å². The zero-order valence-corrected chi connectivity index (χ0v) is 11.0. The summed E-state index contributed by atoms with van der Waals surface area (Å²) in [5.74, 6) is 0.490. The summed E-state index contributed by atoms with van der Waals surface area (Å²) in [4.78, 5) is 0. The number of anilines is 2. The van der Waals surface area contributed by atoms with E-state index in [9.17, 15) is 0 Å². The maximum absolute atomic E-state index is 5.81. The summed E-state index contributed by atoms with van der Waals surface area (Å²) in [7, 11) is 0. The van der Waals surface area contributed by atoms with E-state index in [0.29, 0.717) is 5.92 Å². The minimum atomic E-state index is 0.490. The molecule has 2 rings (SSSR count). The first-order chi connectivity index (χ1) is 8.66. The molecule has 94 valence electrons. The van der Waals surface area contributed by atoms with E-state index in [4.69, 9.17) is 5.73 Å². The van der Waals surface area contributed by atoms with Gasteiger partial charge in [0.1, 0.15) is 0 Å². The van der Waals surface area contributed by atoms with E-state index in [0.717, 1.165) is 23.5 Å². The monoisotopic (exact) mass is 240 g/mol. The van der Waals surface area contributed by atoms with Crippen LogP contribution in [0, 0.1) is 6.92 Å². The Balaban J connectivity index is 1.97. The largest absolute Gasteiger partial charge is 0.399 e. The highest BCUT2D eigenvalue weighted by Crippen LogP contribution is 2.19. The molecule has 18 heavy (non-hydrogen) atoms. The predicted molar refractivity (Wildman–Crippen MR) is 78.9 cm³/mol. The summed E-state index contributed by atoms with van der Waals surface area (Å²) in [5.41, 5.74) is 10.3. The highest BCUT2D eigenvalue weighted by molar-refractivity contribution is 5.56. The normalized spacial score (nSPS) is 12.1. The molecule has 2 aromatic rings. The molecular formula is C16H20N2. The minimum Gasteiger partial charge on any atom is -0.399 e. The minimum absolute atomic E-state index is 0.490. The standard InChI is InChI=1S/C16H20N2/c1-12-10-15(8-9-16(12)17)18-11-13(2)14-6-4-3-5-7-14/h3-10,13,18H,11,17H2,1-2H3. The van der Waals surface area contributed by atoms with Gasteiger partial charge in [0.2, 0.25) is 0 Å². The Morgan fingerprint density at radius 1 is 1.11 bits per heavy atom. The zero-order valence-electron chi connectivity index (χ0n) is 11.0. The van der Waals surface area contributed by atoms with Gasteiger partial charge >= 0.3 is 0 Å². The fraction of sp³-hybridized carbons (Fsp3) is 0.250. The number of nitrogens with one attached hydrogen (secondary N) is 1. The van der Waals surface area contributed by atoms with Gasteiger partial charge in [-0.3, -0.25) is 0 Å². The Labute approximate surface area is 109 Å². The molecule has 0 fully saturated rings. The smallest absolute Gasteiger partial charge is 0.0345 e. The third kappa shape index (κ3) is 3.04. The SMILES string of the molecule is Cc1cc(NCC(C)c2ccccc2)ccc1N. The number of nitrogen functional groups attached to an aromatic ring is 1. The van der Waals surface area contributed by atoms with Crippen molar-refractivity contribution in [2.24, 2.45) is 0 Å². The van der Waals surface area contributed by atoms with Crippen LogP contribution >= 0.6 is 0 Å². The number of hydrogen-bond donors (Lipinski definition) is 2. The van der Waals surface area contributed by atoms with Crippen molar-refractivity contribution in [2.75, 3.05) is 17.6 Å². The van der Waals surface area contributed by atoms with Crippen molar-refractivity contribution in [3.8, 4) is 0 Å². The molecule has 0 spiro atoms. The average Bonchev–Trinajstić information content (AvgIpc) is 2.41. The lowest BCUT2D eigenvalue weighted by Gasteiger charge is -2.14. The first-order valence-corrected chi connectivity index (χ1v) is 6.32. The van der Waals surface area contributed by atoms with E-state index >= 15 is 0 Å². The summed E-state index contributed by atoms with van der Waals surface area (Å²) >= 11 is 0. The molecule has 0 heterocycles. The number of rotatable bonds is 4. The van der Waals surface area contributed by atoms with E-state index in [1.54, 1.807) is 0 Å². The van der Waals surface area contributed by atoms with Crippen LogP contribution in [0.1, 0.15) is 24.0 Å². The maximum Gasteiger partial charge on any atom is 0.0345 e. The topological polar surface area (TPSA) is 38.0 Å². The van der Waals surface area contributed by atoms with Crippen LogP contribution in [0.2, 0.25) is 0 Å². The Bertz CT molecular complexity index is 506. The average molecular weight is 240 g/mol. The van der Waals surface area contributed by atoms with Crippen LogP contribution in [0.3, 0.4) is 0 Å². The van der Waals surface area contributed by atoms with Crippen LogP contribution in [0.15, 0.2) is 48.5 Å². The third-order valence-corrected chi connectivity index (χ3v) is 3.25. The number of benzene rings is 2. The summed E-state index contributed by atoms with van der Waals surface area (Å²) in [5, 5.41) is 3.46. The Hall–Kier alpha value is -1.96. The Kier molecular flexibility index (Phi) is 3.88. The van der Waals surface area contributed by atoms with E-state index in [1.165, 1.54) is 5.56 Å². The first-order valence-electron chi connectivity index (χ1n) is 6.32. The van der Waals surface area contributed by atoms with Crippen molar-refractivity contribution in [3.63, 3.8) is 0 Å². The van der Waals surface area contributed by atoms with E-state index < -0.39 is 0 Å². The second-order valence-corrected chi connectivity index (χ2v) is 4.76. The second-order valence-electron chi connectivity index (χ2n) is 4.76. The second kappa shape index (κ2) is 5.58. The Morgan fingerprint density at radius 3 is 2.50 bits per heavy atom. The first kappa shape index (κ1) is 12.5. The molecule has 0 bridgehead atoms. The molecule has 1 unspecified atom stereocenters. The van der Waals surface area contributed by atoms with Crippen LogP contribution < -0.4 is 11.1 Å². The number of aryl methyl sites for hydroxylation is 1. The summed E-state index contributed by atoms with van der Waals surface area (Å²) < 4.78 is 0. The van der Waals surface area contributed by atoms with Crippen LogP contribution in [0.4, 0.5) is 11.4 Å². The molecule has 0 saturated carbocycles. The lowest BCUT2D eigenvalue weighted by Crippen LogP contribution is -2.09. The van der Waals surface area contributed by atoms with E-state index in [1.807, 2.05) is 25.1 Å². The molecule has 0 amide bonds. The van der Waals surface area contributed by atoms with Gasteiger partial charge in [-0.2, -0.15) is 0 Å². The fourth-order valence-electron chi connectivity index (χ4n) is 1.96. The van der Waals surface area contributed by atoms with Gasteiger partial charge in [-0.1, -0.05) is 37.3 Å². The van der Waals surface area contributed by atoms with Crippen LogP contribution in [-0.2, 0) is 0 Å². The number of nitrogens with two attached hydrogens (primary N) is 1. The summed E-state index contributed by atoms with van der Waals surface area (Å²) in [6.07, 6.45) is 0. The molecule has 0 radical (unpaired) electrons. The van der Waals surface area contributed by atoms with E-state index in [-0.39, 0.29) is 0 Å². The molecule has 0 saturated heterocycles. The van der Waals surface area contributed by atoms with Gasteiger partial charge in [-0.25, -0.2) is 0 Å². The van der Waals surface area contributed by atoms with Gasteiger partial charge in [0.25, 0.3) is 0 Å². The van der Waals surface area contributed by atoms with Gasteiger partial charge in [0.15, 0.2) is 0 Å². The molecule has 2 nitrogen and oxygen atoms in total. The van der Waals surface area contributed by atoms with Gasteiger partial charge in [0.05, 0.1) is 0 Å². The third-order valence-electron chi connectivity index (χ3n) is 3.25. The number of hydrogen-bond acceptors (Lipinski definition) is 2. The van der Waals surface area contributed by atoms with Crippen molar-refractivity contribution < 1.29 is 0 Å². The maximum atomic E-state index is 5.81. The molecule has 0 aliphatic carbocycles. The molecule has 0 aliphatic rings. The van der Waals surface area contributed by atoms with Crippen LogP contribution in [0.25, 0.3) is 0 Å². The van der Waals surface area contributed by atoms with Crippen molar-refractivity contribution in [3.05, 3.63) is 59.7 Å². The van der Waals surface area contributed by atoms with Crippen molar-refractivity contribution >= 4 is 11.4 Å². The highest BCUT2D eigenvalue weighted by Gasteiger charge is 2.04. The van der Waals surface area contributed by atoms with Gasteiger partial charge in [-0.15, -0.1) is 0 Å². The molecule has 1 atom stereocenters. The predicted octanol–water partition coefficient (Wildman–Crippen LogP) is 3.79. The van der Waals surface area contributed by atoms with E-state index in [2.05, 4.69) is 42.6 Å². The van der Waals surface area contributed by atoms with Crippen molar-refractivity contribution in [1.82, 2.24) is 0 Å². The van der Waals surface area contributed by atoms with Gasteiger partial charge in [-0.05, 0) is 42.2 Å². The summed E-state index contributed by atoms with van der Waals surface area (Å²) in [6, 6.07) is 16.6. The molecule has 2 aromatic carbocycles. The van der Waals surface area contributed by atoms with Gasteiger partial charge in [0, 0.05) is 17.9 Å². The fourth-order valence-corrected chi connectivity index (χ4v) is 1.96. The van der Waals surface area contributed by atoms with Crippen molar-refractivity contribution in [2.45, 2.75) is 19.8 Å². The lowest BCUT2D eigenvalue weighted by atomic mass is 10.0. The highest BCUT2D eigenvalue weighted by atomic mass is 14.9. The molecule has 2 heteroatoms. The summed E-state index contributed by atoms with van der Waals surface area (Å²) in [6.45, 7) is 5.18. The quantitative estimate of drug-likeness (QED) is 0.798.